The summed E-state index contributed by atoms with van der Waals surface area (Å²) in [6.07, 6.45) is 2.23. The Kier molecular flexibility index (Phi) is 3.59. The third-order valence-corrected chi connectivity index (χ3v) is 7.29. The van der Waals surface area contributed by atoms with E-state index in [0.29, 0.717) is 5.92 Å². The first-order chi connectivity index (χ1) is 14.3. The van der Waals surface area contributed by atoms with Crippen LogP contribution >= 0.6 is 0 Å². The van der Waals surface area contributed by atoms with Crippen LogP contribution in [-0.2, 0) is 5.41 Å². The summed E-state index contributed by atoms with van der Waals surface area (Å²) in [5.41, 5.74) is 11.7. The third-order valence-electron chi connectivity index (χ3n) is 7.29. The van der Waals surface area contributed by atoms with Crippen molar-refractivity contribution in [1.29, 1.82) is 0 Å². The Morgan fingerprint density at radius 3 is 1.45 bits per heavy atom. The molecule has 0 aliphatic heterocycles. The molecular weight excluding hydrogens is 348 g/mol. The lowest BCUT2D eigenvalue weighted by atomic mass is 9.68. The van der Waals surface area contributed by atoms with Crippen molar-refractivity contribution in [1.82, 2.24) is 0 Å². The minimum Gasteiger partial charge on any atom is -0.0642 e. The molecule has 0 spiro atoms. The molecule has 0 atom stereocenters. The number of rotatable bonds is 3. The summed E-state index contributed by atoms with van der Waals surface area (Å²) in [7, 11) is 0. The Hall–Kier alpha value is -3.12. The fourth-order valence-electron chi connectivity index (χ4n) is 5.99. The minimum atomic E-state index is 0.0580. The molecule has 29 heavy (non-hydrogen) atoms. The first-order valence-electron chi connectivity index (χ1n) is 10.7. The molecule has 0 N–H and O–H groups in total. The van der Waals surface area contributed by atoms with Crippen molar-refractivity contribution in [2.24, 2.45) is 0 Å². The van der Waals surface area contributed by atoms with Gasteiger partial charge in [0.05, 0.1) is 0 Å². The molecule has 0 amide bonds. The summed E-state index contributed by atoms with van der Waals surface area (Å²) < 4.78 is 0. The zero-order valence-corrected chi connectivity index (χ0v) is 16.7. The van der Waals surface area contributed by atoms with Gasteiger partial charge in [0, 0.05) is 11.3 Å². The molecule has 2 aliphatic rings. The second kappa shape index (κ2) is 6.19. The van der Waals surface area contributed by atoms with E-state index in [-0.39, 0.29) is 5.41 Å². The second-order valence-corrected chi connectivity index (χ2v) is 8.46. The van der Waals surface area contributed by atoms with Crippen molar-refractivity contribution in [3.63, 3.8) is 0 Å². The normalized spacial score (nSPS) is 15.5. The van der Waals surface area contributed by atoms with Gasteiger partial charge in [0.15, 0.2) is 0 Å². The van der Waals surface area contributed by atoms with Gasteiger partial charge in [0.1, 0.15) is 0 Å². The highest BCUT2D eigenvalue weighted by molar-refractivity contribution is 5.82. The Morgan fingerprint density at radius 1 is 0.552 bits per heavy atom. The molecule has 0 aromatic heterocycles. The predicted octanol–water partition coefficient (Wildman–Crippen LogP) is 7.57. The van der Waals surface area contributed by atoms with Gasteiger partial charge in [-0.15, -0.1) is 0 Å². The van der Waals surface area contributed by atoms with E-state index in [0.717, 1.165) is 12.8 Å². The molecule has 4 aromatic rings. The molecule has 0 saturated heterocycles. The first kappa shape index (κ1) is 16.8. The Labute approximate surface area is 172 Å². The molecule has 0 radical (unpaired) electrons. The smallest absolute Gasteiger partial charge is 0.0221 e. The highest BCUT2D eigenvalue weighted by atomic mass is 14.5. The summed E-state index contributed by atoms with van der Waals surface area (Å²) in [5.74, 6) is 0.432. The fraction of sp³-hybridized carbons (Fsp3) is 0.172. The Balaban J connectivity index is 1.58. The van der Waals surface area contributed by atoms with Gasteiger partial charge in [0.2, 0.25) is 0 Å². The second-order valence-electron chi connectivity index (χ2n) is 8.46. The van der Waals surface area contributed by atoms with Gasteiger partial charge in [-0.2, -0.15) is 0 Å². The van der Waals surface area contributed by atoms with Crippen LogP contribution in [0.4, 0.5) is 0 Å². The monoisotopic (exact) mass is 372 g/mol. The maximum atomic E-state index is 2.37. The lowest BCUT2D eigenvalue weighted by molar-refractivity contribution is 0.443. The van der Waals surface area contributed by atoms with Crippen LogP contribution in [0, 0.1) is 0 Å². The van der Waals surface area contributed by atoms with Crippen LogP contribution in [-0.4, -0.2) is 0 Å². The number of fused-ring (bicyclic) bond motifs is 6. The standard InChI is InChI=1S/C29H24/c1-2-29(27-17-9-7-15-24(27)25-16-8-10-18-28(25)29)19-26-22-13-5-3-11-20(22)21-12-4-6-14-23(21)26/h3-18,26H,2,19H2,1H3. The van der Waals surface area contributed by atoms with Crippen LogP contribution in [0.5, 0.6) is 0 Å². The van der Waals surface area contributed by atoms with E-state index in [1.165, 1.54) is 44.5 Å². The van der Waals surface area contributed by atoms with E-state index in [2.05, 4.69) is 104 Å². The topological polar surface area (TPSA) is 0 Å². The molecule has 0 unspecified atom stereocenters. The van der Waals surface area contributed by atoms with Gasteiger partial charge >= 0.3 is 0 Å². The molecule has 6 rings (SSSR count). The highest BCUT2D eigenvalue weighted by Gasteiger charge is 2.44. The van der Waals surface area contributed by atoms with E-state index in [1.807, 2.05) is 0 Å². The lowest BCUT2D eigenvalue weighted by Gasteiger charge is -2.34. The van der Waals surface area contributed by atoms with E-state index < -0.39 is 0 Å². The average molecular weight is 373 g/mol. The van der Waals surface area contributed by atoms with Crippen LogP contribution in [0.15, 0.2) is 97.1 Å². The van der Waals surface area contributed by atoms with E-state index in [4.69, 9.17) is 0 Å². The van der Waals surface area contributed by atoms with Crippen LogP contribution in [0.25, 0.3) is 22.3 Å². The van der Waals surface area contributed by atoms with Crippen LogP contribution in [0.1, 0.15) is 47.9 Å². The first-order valence-corrected chi connectivity index (χ1v) is 10.7. The van der Waals surface area contributed by atoms with Crippen LogP contribution < -0.4 is 0 Å². The summed E-state index contributed by atoms with van der Waals surface area (Å²) in [5, 5.41) is 0. The van der Waals surface area contributed by atoms with Crippen LogP contribution in [0.3, 0.4) is 0 Å². The van der Waals surface area contributed by atoms with Gasteiger partial charge < -0.3 is 0 Å². The molecule has 0 fully saturated rings. The predicted molar refractivity (Wildman–Crippen MR) is 121 cm³/mol. The number of hydrogen-bond acceptors (Lipinski definition) is 0. The highest BCUT2D eigenvalue weighted by Crippen LogP contribution is 2.57. The molecule has 0 bridgehead atoms. The van der Waals surface area contributed by atoms with Crippen LogP contribution in [0.2, 0.25) is 0 Å². The average Bonchev–Trinajstić information content (AvgIpc) is 3.26. The molecule has 0 heterocycles. The zero-order valence-electron chi connectivity index (χ0n) is 16.7. The SMILES string of the molecule is CCC1(CC2c3ccccc3-c3ccccc32)c2ccccc2-c2ccccc21. The van der Waals surface area contributed by atoms with Crippen molar-refractivity contribution >= 4 is 0 Å². The molecule has 4 aromatic carbocycles. The summed E-state index contributed by atoms with van der Waals surface area (Å²) in [4.78, 5) is 0. The molecule has 0 nitrogen and oxygen atoms in total. The zero-order chi connectivity index (χ0) is 19.4. The van der Waals surface area contributed by atoms with E-state index in [1.54, 1.807) is 0 Å². The quantitative estimate of drug-likeness (QED) is 0.348. The Bertz CT molecular complexity index is 1140. The van der Waals surface area contributed by atoms with Gasteiger partial charge in [-0.3, -0.25) is 0 Å². The molecular formula is C29H24. The fourth-order valence-corrected chi connectivity index (χ4v) is 5.99. The molecule has 0 heteroatoms. The lowest BCUT2D eigenvalue weighted by Crippen LogP contribution is -2.27. The maximum Gasteiger partial charge on any atom is 0.0221 e. The maximum absolute atomic E-state index is 2.37. The number of hydrogen-bond donors (Lipinski definition) is 0. The van der Waals surface area contributed by atoms with Gasteiger partial charge in [-0.1, -0.05) is 104 Å². The molecule has 0 saturated carbocycles. The van der Waals surface area contributed by atoms with Crippen molar-refractivity contribution in [3.05, 3.63) is 119 Å². The molecule has 2 aliphatic carbocycles. The number of benzene rings is 4. The summed E-state index contributed by atoms with van der Waals surface area (Å²) >= 11 is 0. The van der Waals surface area contributed by atoms with Gasteiger partial charge in [-0.05, 0) is 57.3 Å². The Morgan fingerprint density at radius 2 is 0.966 bits per heavy atom. The van der Waals surface area contributed by atoms with Gasteiger partial charge in [0.25, 0.3) is 0 Å². The van der Waals surface area contributed by atoms with Gasteiger partial charge in [-0.25, -0.2) is 0 Å². The summed E-state index contributed by atoms with van der Waals surface area (Å²) in [6, 6.07) is 36.2. The van der Waals surface area contributed by atoms with E-state index in [9.17, 15) is 0 Å². The third kappa shape index (κ3) is 2.20. The van der Waals surface area contributed by atoms with Crippen molar-refractivity contribution in [2.45, 2.75) is 31.1 Å². The van der Waals surface area contributed by atoms with Crippen molar-refractivity contribution in [2.75, 3.05) is 0 Å². The van der Waals surface area contributed by atoms with E-state index >= 15 is 0 Å². The summed E-state index contributed by atoms with van der Waals surface area (Å²) in [6.45, 7) is 2.37. The minimum absolute atomic E-state index is 0.0580. The van der Waals surface area contributed by atoms with Crippen molar-refractivity contribution < 1.29 is 0 Å². The van der Waals surface area contributed by atoms with Crippen molar-refractivity contribution in [3.8, 4) is 22.3 Å². The molecule has 140 valence electrons. The largest absolute Gasteiger partial charge is 0.0642 e.